The van der Waals surface area contributed by atoms with Gasteiger partial charge >= 0.3 is 0 Å². The topological polar surface area (TPSA) is 17.1 Å². The lowest BCUT2D eigenvalue weighted by atomic mass is 9.85. The van der Waals surface area contributed by atoms with Crippen LogP contribution in [0.25, 0.3) is 0 Å². The van der Waals surface area contributed by atoms with Gasteiger partial charge < -0.3 is 0 Å². The highest BCUT2D eigenvalue weighted by Gasteiger charge is 2.65. The molecule has 0 aliphatic carbocycles. The average molecular weight is 405 g/mol. The van der Waals surface area contributed by atoms with Gasteiger partial charge in [0.2, 0.25) is 0 Å². The minimum absolute atomic E-state index is 0.0544. The molecule has 1 saturated heterocycles. The molecule has 1 heterocycles. The van der Waals surface area contributed by atoms with Crippen LogP contribution >= 0.6 is 22.6 Å². The van der Waals surface area contributed by atoms with E-state index >= 15 is 0 Å². The Hall–Kier alpha value is -0.710. The fourth-order valence-corrected chi connectivity index (χ4v) is 12.6. The first-order chi connectivity index (χ1) is 12.0. The summed E-state index contributed by atoms with van der Waals surface area (Å²) in [6, 6.07) is 21.0. The second kappa shape index (κ2) is 6.72. The van der Waals surface area contributed by atoms with Gasteiger partial charge in [0, 0.05) is 0 Å². The molecule has 3 rings (SSSR count). The standard InChI is InChI=1S/C22H28OS3/c1-19(2,3)21(17-13-9-7-10-14-17)24-22(20(4,5)6,26(23)25-21)18-15-11-8-12-16-18/h7-16H,1-6H3/t21-,22+,26?/m0/s1. The Balaban J connectivity index is 2.26. The number of hydrogen-bond acceptors (Lipinski definition) is 3. The van der Waals surface area contributed by atoms with Crippen LogP contribution in [0.3, 0.4) is 0 Å². The molecular weight excluding hydrogens is 376 g/mol. The van der Waals surface area contributed by atoms with Crippen LogP contribution in [0.4, 0.5) is 0 Å². The Morgan fingerprint density at radius 1 is 0.731 bits per heavy atom. The molecule has 0 spiro atoms. The van der Waals surface area contributed by atoms with Gasteiger partial charge in [-0.25, -0.2) is 4.21 Å². The van der Waals surface area contributed by atoms with Gasteiger partial charge in [-0.15, -0.1) is 11.8 Å². The minimum atomic E-state index is -1.08. The largest absolute Gasteiger partial charge is 0.246 e. The van der Waals surface area contributed by atoms with Crippen molar-refractivity contribution in [3.05, 3.63) is 71.8 Å². The number of hydrogen-bond donors (Lipinski definition) is 0. The highest BCUT2D eigenvalue weighted by Crippen LogP contribution is 2.75. The molecule has 4 heteroatoms. The van der Waals surface area contributed by atoms with E-state index in [1.54, 1.807) is 10.8 Å². The van der Waals surface area contributed by atoms with Crippen LogP contribution in [0.5, 0.6) is 0 Å². The van der Waals surface area contributed by atoms with Crippen molar-refractivity contribution in [3.8, 4) is 0 Å². The Labute approximate surface area is 168 Å². The van der Waals surface area contributed by atoms with Crippen LogP contribution in [0.2, 0.25) is 0 Å². The Morgan fingerprint density at radius 3 is 1.62 bits per heavy atom. The van der Waals surface area contributed by atoms with Crippen molar-refractivity contribution in [1.82, 2.24) is 0 Å². The number of thioether (sulfide) groups is 1. The summed E-state index contributed by atoms with van der Waals surface area (Å²) >= 11 is 1.90. The molecule has 2 aromatic carbocycles. The Bertz CT molecular complexity index is 790. The van der Waals surface area contributed by atoms with Gasteiger partial charge in [-0.1, -0.05) is 102 Å². The molecule has 0 N–H and O–H groups in total. The van der Waals surface area contributed by atoms with Crippen molar-refractivity contribution in [2.24, 2.45) is 10.8 Å². The molecule has 1 unspecified atom stereocenters. The van der Waals surface area contributed by atoms with E-state index in [4.69, 9.17) is 0 Å². The summed E-state index contributed by atoms with van der Waals surface area (Å²) < 4.78 is 13.1. The predicted molar refractivity (Wildman–Crippen MR) is 118 cm³/mol. The van der Waals surface area contributed by atoms with E-state index in [9.17, 15) is 4.21 Å². The van der Waals surface area contributed by atoms with Crippen LogP contribution in [-0.2, 0) is 18.0 Å². The molecule has 1 aliphatic heterocycles. The van der Waals surface area contributed by atoms with Gasteiger partial charge in [0.05, 0.1) is 0 Å². The van der Waals surface area contributed by atoms with E-state index in [2.05, 4.69) is 96.1 Å². The summed E-state index contributed by atoms with van der Waals surface area (Å²) in [5.41, 5.74) is 2.20. The minimum Gasteiger partial charge on any atom is -0.246 e. The third kappa shape index (κ3) is 2.98. The van der Waals surface area contributed by atoms with Crippen molar-refractivity contribution in [2.45, 2.75) is 49.7 Å². The normalized spacial score (nSPS) is 29.7. The molecule has 1 fully saturated rings. The SMILES string of the molecule is CC(C)(C)[C@]1(c2ccccc2)SS(=O)[C@](c2ccccc2)(C(C)(C)C)S1. The number of benzene rings is 2. The zero-order valence-corrected chi connectivity index (χ0v) is 18.9. The summed E-state index contributed by atoms with van der Waals surface area (Å²) in [5, 5.41) is 0. The summed E-state index contributed by atoms with van der Waals surface area (Å²) in [4.78, 5) is 0. The first kappa shape index (κ1) is 20.0. The zero-order chi connectivity index (χ0) is 19.2. The van der Waals surface area contributed by atoms with Crippen molar-refractivity contribution in [3.63, 3.8) is 0 Å². The fourth-order valence-electron chi connectivity index (χ4n) is 3.54. The summed E-state index contributed by atoms with van der Waals surface area (Å²) in [6.07, 6.45) is 0. The molecule has 26 heavy (non-hydrogen) atoms. The van der Waals surface area contributed by atoms with Crippen LogP contribution in [0.15, 0.2) is 60.7 Å². The highest BCUT2D eigenvalue weighted by atomic mass is 33.1. The van der Waals surface area contributed by atoms with Gasteiger partial charge in [0.25, 0.3) is 0 Å². The van der Waals surface area contributed by atoms with Crippen LogP contribution in [0, 0.1) is 10.8 Å². The van der Waals surface area contributed by atoms with Crippen molar-refractivity contribution >= 4 is 32.4 Å². The van der Waals surface area contributed by atoms with E-state index in [0.717, 1.165) is 5.56 Å². The lowest BCUT2D eigenvalue weighted by molar-refractivity contribution is 0.350. The Kier molecular flexibility index (Phi) is 5.18. The molecule has 140 valence electrons. The lowest BCUT2D eigenvalue weighted by Gasteiger charge is -2.44. The zero-order valence-electron chi connectivity index (χ0n) is 16.4. The van der Waals surface area contributed by atoms with Crippen LogP contribution in [-0.4, -0.2) is 4.21 Å². The lowest BCUT2D eigenvalue weighted by Crippen LogP contribution is -2.40. The maximum atomic E-state index is 13.8. The predicted octanol–water partition coefficient (Wildman–Crippen LogP) is 6.93. The molecule has 1 nitrogen and oxygen atoms in total. The second-order valence-corrected chi connectivity index (χ2v) is 14.1. The first-order valence-electron chi connectivity index (χ1n) is 8.97. The molecule has 0 bridgehead atoms. The summed E-state index contributed by atoms with van der Waals surface area (Å²) in [5.74, 6) is 0. The summed E-state index contributed by atoms with van der Waals surface area (Å²) in [7, 11) is 0.560. The van der Waals surface area contributed by atoms with Crippen LogP contribution < -0.4 is 0 Å². The van der Waals surface area contributed by atoms with E-state index in [1.807, 2.05) is 17.8 Å². The van der Waals surface area contributed by atoms with Gasteiger partial charge in [0.15, 0.2) is 0 Å². The Morgan fingerprint density at radius 2 is 1.19 bits per heavy atom. The molecule has 3 atom stereocenters. The average Bonchev–Trinajstić information content (AvgIpc) is 2.92. The summed E-state index contributed by atoms with van der Waals surface area (Å²) in [6.45, 7) is 13.4. The van der Waals surface area contributed by atoms with Gasteiger partial charge in [-0.3, -0.25) is 0 Å². The van der Waals surface area contributed by atoms with Crippen molar-refractivity contribution in [1.29, 1.82) is 0 Å². The van der Waals surface area contributed by atoms with Gasteiger partial charge in [-0.2, -0.15) is 0 Å². The van der Waals surface area contributed by atoms with E-state index in [-0.39, 0.29) is 14.9 Å². The molecular formula is C22H28OS3. The smallest absolute Gasteiger partial charge is 0.132 e. The number of rotatable bonds is 2. The monoisotopic (exact) mass is 404 g/mol. The van der Waals surface area contributed by atoms with Crippen LogP contribution in [0.1, 0.15) is 52.7 Å². The molecule has 1 aliphatic rings. The molecule has 2 aromatic rings. The third-order valence-electron chi connectivity index (χ3n) is 5.00. The van der Waals surface area contributed by atoms with E-state index < -0.39 is 13.9 Å². The first-order valence-corrected chi connectivity index (χ1v) is 12.3. The highest BCUT2D eigenvalue weighted by molar-refractivity contribution is 8.76. The van der Waals surface area contributed by atoms with E-state index in [1.165, 1.54) is 5.56 Å². The quantitative estimate of drug-likeness (QED) is 0.505. The molecule has 0 amide bonds. The maximum absolute atomic E-state index is 13.8. The molecule has 0 saturated carbocycles. The maximum Gasteiger partial charge on any atom is 0.132 e. The van der Waals surface area contributed by atoms with Crippen molar-refractivity contribution in [2.75, 3.05) is 0 Å². The molecule has 0 radical (unpaired) electrons. The second-order valence-electron chi connectivity index (χ2n) is 8.89. The molecule has 0 aromatic heterocycles. The van der Waals surface area contributed by atoms with Gasteiger partial charge in [0.1, 0.15) is 18.0 Å². The van der Waals surface area contributed by atoms with E-state index in [0.29, 0.717) is 0 Å². The van der Waals surface area contributed by atoms with Crippen molar-refractivity contribution < 1.29 is 4.21 Å². The fraction of sp³-hybridized carbons (Fsp3) is 0.455. The van der Waals surface area contributed by atoms with Gasteiger partial charge in [-0.05, 0) is 32.8 Å². The third-order valence-corrected chi connectivity index (χ3v) is 13.6.